The molecule has 5 rings (SSSR count). The van der Waals surface area contributed by atoms with Crippen LogP contribution in [-0.4, -0.2) is 41.2 Å². The van der Waals surface area contributed by atoms with E-state index in [-0.39, 0.29) is 37.6 Å². The van der Waals surface area contributed by atoms with Crippen LogP contribution in [-0.2, 0) is 12.7 Å². The molecule has 10 nitrogen and oxygen atoms in total. The van der Waals surface area contributed by atoms with Crippen LogP contribution < -0.4 is 11.1 Å². The fraction of sp³-hybridized carbons (Fsp3) is 0.250. The van der Waals surface area contributed by atoms with Crippen LogP contribution in [0.25, 0.3) is 27.0 Å². The lowest BCUT2D eigenvalue weighted by Crippen LogP contribution is -2.17. The summed E-state index contributed by atoms with van der Waals surface area (Å²) in [5, 5.41) is 11.3. The van der Waals surface area contributed by atoms with Gasteiger partial charge in [0.05, 0.1) is 18.1 Å². The van der Waals surface area contributed by atoms with Gasteiger partial charge in [-0.2, -0.15) is 23.4 Å². The van der Waals surface area contributed by atoms with E-state index in [1.807, 2.05) is 13.8 Å². The average Bonchev–Trinajstić information content (AvgIpc) is 3.53. The zero-order valence-electron chi connectivity index (χ0n) is 20.6. The van der Waals surface area contributed by atoms with Crippen LogP contribution in [0.1, 0.15) is 49.7 Å². The number of rotatable bonds is 5. The number of pyridine rings is 1. The quantitative estimate of drug-likeness (QED) is 0.336. The van der Waals surface area contributed by atoms with Gasteiger partial charge in [-0.3, -0.25) is 14.3 Å². The Kier molecular flexibility index (Phi) is 5.93. The zero-order chi connectivity index (χ0) is 27.5. The predicted molar refractivity (Wildman–Crippen MR) is 135 cm³/mol. The molecule has 38 heavy (non-hydrogen) atoms. The number of nitrogens with two attached hydrogens (primary N) is 1. The topological polar surface area (TPSA) is 133 Å². The molecule has 0 atom stereocenters. The van der Waals surface area contributed by atoms with Crippen LogP contribution >= 0.6 is 11.3 Å². The first kappa shape index (κ1) is 25.3. The summed E-state index contributed by atoms with van der Waals surface area (Å²) >= 11 is 0.673. The second-order valence-corrected chi connectivity index (χ2v) is 9.65. The van der Waals surface area contributed by atoms with Crippen LogP contribution in [0.15, 0.2) is 24.5 Å². The lowest BCUT2D eigenvalue weighted by molar-refractivity contribution is -0.140. The van der Waals surface area contributed by atoms with Crippen molar-refractivity contribution in [2.45, 2.75) is 40.4 Å². The van der Waals surface area contributed by atoms with Gasteiger partial charge in [-0.25, -0.2) is 14.5 Å². The molecule has 5 aromatic heterocycles. The highest BCUT2D eigenvalue weighted by Gasteiger charge is 2.35. The summed E-state index contributed by atoms with van der Waals surface area (Å²) in [7, 11) is 0. The highest BCUT2D eigenvalue weighted by molar-refractivity contribution is 7.21. The normalized spacial score (nSPS) is 12.0. The van der Waals surface area contributed by atoms with Crippen molar-refractivity contribution >= 4 is 44.7 Å². The van der Waals surface area contributed by atoms with E-state index in [1.54, 1.807) is 24.6 Å². The lowest BCUT2D eigenvalue weighted by atomic mass is 10.0. The van der Waals surface area contributed by atoms with Crippen molar-refractivity contribution in [2.75, 3.05) is 5.32 Å². The standard InChI is InChI=1S/C24H21F3N8O2S/c1-5-34-12(4)14(8-29-34)13-7-16(24(25,26)27)32-23-17(13)18(19(38-23)20(28)36)33-22(37)15-9-30-35-11(3)6-10(2)31-21(15)35/h6-9H,5H2,1-4H3,(H2,28,36)(H,33,37). The number of halogens is 3. The molecule has 0 radical (unpaired) electrons. The van der Waals surface area contributed by atoms with Crippen molar-refractivity contribution in [3.8, 4) is 11.1 Å². The molecule has 14 heteroatoms. The van der Waals surface area contributed by atoms with Crippen molar-refractivity contribution < 1.29 is 22.8 Å². The van der Waals surface area contributed by atoms with E-state index >= 15 is 0 Å². The van der Waals surface area contributed by atoms with E-state index in [9.17, 15) is 22.8 Å². The van der Waals surface area contributed by atoms with Crippen molar-refractivity contribution in [1.29, 1.82) is 0 Å². The number of amides is 2. The largest absolute Gasteiger partial charge is 0.433 e. The third-order valence-electron chi connectivity index (χ3n) is 6.13. The van der Waals surface area contributed by atoms with Crippen molar-refractivity contribution in [3.05, 3.63) is 57.7 Å². The van der Waals surface area contributed by atoms with Gasteiger partial charge in [-0.1, -0.05) is 0 Å². The smallest absolute Gasteiger partial charge is 0.365 e. The molecule has 5 aromatic rings. The van der Waals surface area contributed by atoms with Gasteiger partial charge in [-0.15, -0.1) is 11.3 Å². The van der Waals surface area contributed by atoms with E-state index in [2.05, 4.69) is 25.5 Å². The maximum absolute atomic E-state index is 13.8. The Labute approximate surface area is 217 Å². The number of aromatic nitrogens is 6. The Bertz CT molecular complexity index is 1770. The average molecular weight is 543 g/mol. The lowest BCUT2D eigenvalue weighted by Gasteiger charge is -2.12. The molecule has 2 amide bonds. The molecule has 0 aromatic carbocycles. The number of aryl methyl sites for hydroxylation is 3. The minimum atomic E-state index is -4.75. The molecule has 0 fully saturated rings. The first-order valence-electron chi connectivity index (χ1n) is 11.4. The molecular weight excluding hydrogens is 521 g/mol. The predicted octanol–water partition coefficient (Wildman–Crippen LogP) is 4.52. The first-order valence-corrected chi connectivity index (χ1v) is 12.2. The number of nitrogens with zero attached hydrogens (tertiary/aromatic N) is 6. The maximum atomic E-state index is 13.8. The Morgan fingerprint density at radius 2 is 1.82 bits per heavy atom. The molecule has 0 saturated carbocycles. The van der Waals surface area contributed by atoms with E-state index < -0.39 is 23.7 Å². The zero-order valence-corrected chi connectivity index (χ0v) is 21.5. The van der Waals surface area contributed by atoms with Crippen LogP contribution in [0.3, 0.4) is 0 Å². The van der Waals surface area contributed by atoms with E-state index in [0.29, 0.717) is 34.8 Å². The van der Waals surface area contributed by atoms with Crippen LogP contribution in [0.4, 0.5) is 18.9 Å². The minimum Gasteiger partial charge on any atom is -0.365 e. The molecule has 0 spiro atoms. The summed E-state index contributed by atoms with van der Waals surface area (Å²) in [6.45, 7) is 7.65. The molecule has 0 aliphatic rings. The number of alkyl halides is 3. The van der Waals surface area contributed by atoms with Crippen molar-refractivity contribution in [1.82, 2.24) is 29.4 Å². The number of hydrogen-bond donors (Lipinski definition) is 2. The van der Waals surface area contributed by atoms with E-state index in [1.165, 1.54) is 16.9 Å². The number of primary amides is 1. The summed E-state index contributed by atoms with van der Waals surface area (Å²) < 4.78 is 44.5. The summed E-state index contributed by atoms with van der Waals surface area (Å²) in [6.07, 6.45) is -1.98. The van der Waals surface area contributed by atoms with Crippen LogP contribution in [0.2, 0.25) is 0 Å². The number of anilines is 1. The van der Waals surface area contributed by atoms with Gasteiger partial charge in [0, 0.05) is 34.6 Å². The Hall–Kier alpha value is -4.33. The Morgan fingerprint density at radius 1 is 1.08 bits per heavy atom. The second kappa shape index (κ2) is 8.90. The molecule has 0 unspecified atom stereocenters. The molecule has 0 saturated heterocycles. The molecule has 5 heterocycles. The van der Waals surface area contributed by atoms with Crippen LogP contribution in [0.5, 0.6) is 0 Å². The molecule has 0 aliphatic heterocycles. The van der Waals surface area contributed by atoms with Gasteiger partial charge in [0.25, 0.3) is 11.8 Å². The van der Waals surface area contributed by atoms with Gasteiger partial charge in [0.2, 0.25) is 0 Å². The number of thiophene rings is 1. The van der Waals surface area contributed by atoms with Crippen molar-refractivity contribution in [3.63, 3.8) is 0 Å². The SMILES string of the molecule is CCn1ncc(-c2cc(C(F)(F)F)nc3sc(C(N)=O)c(NC(=O)c4cnn5c(C)cc(C)nc45)c23)c1C. The van der Waals surface area contributed by atoms with Gasteiger partial charge >= 0.3 is 6.18 Å². The maximum Gasteiger partial charge on any atom is 0.433 e. The highest BCUT2D eigenvalue weighted by Crippen LogP contribution is 2.44. The summed E-state index contributed by atoms with van der Waals surface area (Å²) in [4.78, 5) is 33.8. The molecule has 0 bridgehead atoms. The molecule has 3 N–H and O–H groups in total. The minimum absolute atomic E-state index is 0.0360. The van der Waals surface area contributed by atoms with Gasteiger partial charge in [0.1, 0.15) is 21.0 Å². The number of hydrogen-bond acceptors (Lipinski definition) is 7. The van der Waals surface area contributed by atoms with Crippen molar-refractivity contribution in [2.24, 2.45) is 5.73 Å². The molecular formula is C24H21F3N8O2S. The third-order valence-corrected chi connectivity index (χ3v) is 7.23. The van der Waals surface area contributed by atoms with Crippen LogP contribution in [0, 0.1) is 20.8 Å². The van der Waals surface area contributed by atoms with E-state index in [0.717, 1.165) is 11.8 Å². The second-order valence-electron chi connectivity index (χ2n) is 8.65. The highest BCUT2D eigenvalue weighted by atomic mass is 32.1. The summed E-state index contributed by atoms with van der Waals surface area (Å²) in [5.74, 6) is -1.58. The summed E-state index contributed by atoms with van der Waals surface area (Å²) in [6, 6.07) is 2.69. The number of fused-ring (bicyclic) bond motifs is 2. The first-order chi connectivity index (χ1) is 17.9. The number of nitrogens with one attached hydrogen (secondary N) is 1. The molecule has 0 aliphatic carbocycles. The summed E-state index contributed by atoms with van der Waals surface area (Å²) in [5.41, 5.74) is 7.36. The molecule has 196 valence electrons. The third kappa shape index (κ3) is 4.06. The van der Waals surface area contributed by atoms with E-state index in [4.69, 9.17) is 5.73 Å². The number of carbonyl (C=O) groups is 2. The van der Waals surface area contributed by atoms with Gasteiger partial charge in [-0.05, 0) is 45.4 Å². The fourth-order valence-corrected chi connectivity index (χ4v) is 5.40. The fourth-order valence-electron chi connectivity index (χ4n) is 4.39. The van der Waals surface area contributed by atoms with Gasteiger partial charge in [0.15, 0.2) is 5.65 Å². The number of carbonyl (C=O) groups excluding carboxylic acids is 2. The monoisotopic (exact) mass is 542 g/mol. The Balaban J connectivity index is 1.76. The Morgan fingerprint density at radius 3 is 2.45 bits per heavy atom. The van der Waals surface area contributed by atoms with Gasteiger partial charge < -0.3 is 11.1 Å².